The summed E-state index contributed by atoms with van der Waals surface area (Å²) in [6.07, 6.45) is 5.29. The van der Waals surface area contributed by atoms with Crippen LogP contribution >= 0.6 is 0 Å². The Morgan fingerprint density at radius 2 is 1.41 bits per heavy atom. The van der Waals surface area contributed by atoms with Crippen LogP contribution in [0.5, 0.6) is 0 Å². The maximum absolute atomic E-state index is 10.9. The smallest absolute Gasteiger partial charge is 0.261 e. The van der Waals surface area contributed by atoms with Crippen molar-refractivity contribution in [1.82, 2.24) is 0 Å². The molecule has 2 atom stereocenters. The Labute approximate surface area is 195 Å². The number of hydrogen-bond acceptors (Lipinski definition) is 4. The molecular weight excluding hydrogens is 416 g/mol. The Morgan fingerprint density at radius 1 is 0.906 bits per heavy atom. The molecule has 0 fully saturated rings. The topological polar surface area (TPSA) is 47.9 Å². The van der Waals surface area contributed by atoms with E-state index in [0.29, 0.717) is 0 Å². The summed E-state index contributed by atoms with van der Waals surface area (Å²) in [5, 5.41) is 13.2. The van der Waals surface area contributed by atoms with Gasteiger partial charge in [-0.2, -0.15) is 0 Å². The Balaban J connectivity index is 2.23. The maximum Gasteiger partial charge on any atom is 0.261 e. The fraction of sp³-hybridized carbons (Fsp3) is 0.481. The first kappa shape index (κ1) is 26.5. The van der Waals surface area contributed by atoms with Crippen molar-refractivity contribution in [3.63, 3.8) is 0 Å². The predicted molar refractivity (Wildman–Crippen MR) is 135 cm³/mol. The van der Waals surface area contributed by atoms with Gasteiger partial charge in [0, 0.05) is 14.2 Å². The maximum atomic E-state index is 10.9. The van der Waals surface area contributed by atoms with E-state index in [1.807, 2.05) is 31.2 Å². The van der Waals surface area contributed by atoms with Crippen molar-refractivity contribution in [3.05, 3.63) is 72.8 Å². The molecular formula is C27H40O4Si. The molecule has 0 aliphatic rings. The van der Waals surface area contributed by atoms with E-state index in [0.717, 1.165) is 19.3 Å². The largest absolute Gasteiger partial charge is 0.402 e. The minimum Gasteiger partial charge on any atom is -0.402 e. The molecule has 4 nitrogen and oxygen atoms in total. The first-order valence-corrected chi connectivity index (χ1v) is 13.4. The molecule has 0 heterocycles. The van der Waals surface area contributed by atoms with Crippen LogP contribution in [0.2, 0.25) is 5.04 Å². The third-order valence-electron chi connectivity index (χ3n) is 5.93. The van der Waals surface area contributed by atoms with E-state index < -0.39 is 14.4 Å². The van der Waals surface area contributed by atoms with E-state index in [4.69, 9.17) is 13.9 Å². The zero-order valence-electron chi connectivity index (χ0n) is 20.5. The number of aliphatic hydroxyl groups is 1. The molecule has 0 bridgehead atoms. The average molecular weight is 457 g/mol. The molecule has 32 heavy (non-hydrogen) atoms. The zero-order chi connectivity index (χ0) is 23.6. The molecule has 0 unspecified atom stereocenters. The zero-order valence-corrected chi connectivity index (χ0v) is 21.5. The second-order valence-corrected chi connectivity index (χ2v) is 13.5. The van der Waals surface area contributed by atoms with Crippen molar-refractivity contribution in [2.75, 3.05) is 14.2 Å². The van der Waals surface area contributed by atoms with Crippen LogP contribution in [0.3, 0.4) is 0 Å². The molecule has 0 radical (unpaired) electrons. The monoisotopic (exact) mass is 456 g/mol. The molecule has 0 amide bonds. The van der Waals surface area contributed by atoms with Gasteiger partial charge in [0.15, 0.2) is 6.29 Å². The molecule has 0 aromatic heterocycles. The summed E-state index contributed by atoms with van der Waals surface area (Å²) in [6, 6.07) is 21.0. The number of ether oxygens (including phenoxy) is 2. The van der Waals surface area contributed by atoms with E-state index in [9.17, 15) is 5.11 Å². The van der Waals surface area contributed by atoms with E-state index in [2.05, 4.69) is 69.3 Å². The van der Waals surface area contributed by atoms with Crippen molar-refractivity contribution in [3.8, 4) is 0 Å². The number of hydrogen-bond donors (Lipinski definition) is 1. The highest BCUT2D eigenvalue weighted by Gasteiger charge is 2.51. The Hall–Kier alpha value is -1.76. The van der Waals surface area contributed by atoms with Gasteiger partial charge in [-0.3, -0.25) is 0 Å². The van der Waals surface area contributed by atoms with Crippen molar-refractivity contribution >= 4 is 18.7 Å². The van der Waals surface area contributed by atoms with Crippen LogP contribution in [0, 0.1) is 0 Å². The molecule has 176 valence electrons. The minimum absolute atomic E-state index is 0.122. The van der Waals surface area contributed by atoms with E-state index >= 15 is 0 Å². The van der Waals surface area contributed by atoms with Gasteiger partial charge in [-0.05, 0) is 41.6 Å². The highest BCUT2D eigenvalue weighted by molar-refractivity contribution is 6.99. The fourth-order valence-corrected chi connectivity index (χ4v) is 8.88. The lowest BCUT2D eigenvalue weighted by molar-refractivity contribution is -0.106. The quantitative estimate of drug-likeness (QED) is 0.218. The van der Waals surface area contributed by atoms with Gasteiger partial charge in [0.2, 0.25) is 0 Å². The van der Waals surface area contributed by atoms with Crippen molar-refractivity contribution in [1.29, 1.82) is 0 Å². The van der Waals surface area contributed by atoms with Crippen LogP contribution in [0.4, 0.5) is 0 Å². The molecule has 0 saturated heterocycles. The molecule has 2 aromatic rings. The van der Waals surface area contributed by atoms with Crippen LogP contribution in [-0.4, -0.2) is 46.1 Å². The molecule has 0 aliphatic heterocycles. The lowest BCUT2D eigenvalue weighted by atomic mass is 10.1. The van der Waals surface area contributed by atoms with Gasteiger partial charge in [-0.15, -0.1) is 0 Å². The molecule has 2 rings (SSSR count). The summed E-state index contributed by atoms with van der Waals surface area (Å²) in [6.45, 7) is 8.71. The van der Waals surface area contributed by atoms with Gasteiger partial charge in [-0.25, -0.2) is 0 Å². The second kappa shape index (κ2) is 12.5. The SMILES string of the molecule is COC(CCC/C=C/[C@H](O)[C@@H](C)O[Si](c1ccccc1)(c1ccccc1)C(C)(C)C)OC. The van der Waals surface area contributed by atoms with E-state index in [1.165, 1.54) is 10.4 Å². The van der Waals surface area contributed by atoms with Crippen LogP contribution < -0.4 is 10.4 Å². The third-order valence-corrected chi connectivity index (χ3v) is 11.1. The van der Waals surface area contributed by atoms with Crippen molar-refractivity contribution in [2.45, 2.75) is 70.5 Å². The van der Waals surface area contributed by atoms with Crippen molar-refractivity contribution in [2.24, 2.45) is 0 Å². The molecule has 0 aliphatic carbocycles. The van der Waals surface area contributed by atoms with Crippen LogP contribution in [-0.2, 0) is 13.9 Å². The molecule has 0 saturated carbocycles. The van der Waals surface area contributed by atoms with Gasteiger partial charge in [-0.1, -0.05) is 93.6 Å². The summed E-state index contributed by atoms with van der Waals surface area (Å²) in [4.78, 5) is 0. The summed E-state index contributed by atoms with van der Waals surface area (Å²) in [5.74, 6) is 0. The second-order valence-electron chi connectivity index (χ2n) is 9.24. The first-order chi connectivity index (χ1) is 15.3. The fourth-order valence-electron chi connectivity index (χ4n) is 4.17. The normalized spacial score (nSPS) is 14.8. The van der Waals surface area contributed by atoms with Crippen LogP contribution in [0.1, 0.15) is 47.0 Å². The van der Waals surface area contributed by atoms with Gasteiger partial charge >= 0.3 is 0 Å². The van der Waals surface area contributed by atoms with E-state index in [-0.39, 0.29) is 17.4 Å². The molecule has 5 heteroatoms. The Kier molecular flexibility index (Phi) is 10.3. The van der Waals surface area contributed by atoms with E-state index in [1.54, 1.807) is 14.2 Å². The number of methoxy groups -OCH3 is 2. The summed E-state index contributed by atoms with van der Waals surface area (Å²) in [7, 11) is 0.620. The number of allylic oxidation sites excluding steroid dienone is 1. The number of unbranched alkanes of at least 4 members (excludes halogenated alkanes) is 1. The standard InChI is InChI=1S/C27H40O4Si/c1-22(25(28)20-14-9-15-21-26(29-5)30-6)31-32(27(2,3)4,23-16-10-7-11-17-23)24-18-12-8-13-19-24/h7-8,10-14,16-20,22,25-26,28H,9,15,21H2,1-6H3/b20-14+/t22-,25+/m1/s1. The highest BCUT2D eigenvalue weighted by Crippen LogP contribution is 2.37. The predicted octanol–water partition coefficient (Wildman–Crippen LogP) is 4.66. The first-order valence-electron chi connectivity index (χ1n) is 11.5. The summed E-state index contributed by atoms with van der Waals surface area (Å²) in [5.41, 5.74) is 0. The summed E-state index contributed by atoms with van der Waals surface area (Å²) < 4.78 is 17.4. The Bertz CT molecular complexity index is 758. The van der Waals surface area contributed by atoms with Crippen LogP contribution in [0.15, 0.2) is 72.8 Å². The van der Waals surface area contributed by atoms with Crippen LogP contribution in [0.25, 0.3) is 0 Å². The average Bonchev–Trinajstić information content (AvgIpc) is 2.79. The number of aliphatic hydroxyl groups excluding tert-OH is 1. The molecule has 2 aromatic carbocycles. The minimum atomic E-state index is -2.68. The van der Waals surface area contributed by atoms with Gasteiger partial charge < -0.3 is 19.0 Å². The van der Waals surface area contributed by atoms with Gasteiger partial charge in [0.25, 0.3) is 8.32 Å². The lowest BCUT2D eigenvalue weighted by Gasteiger charge is -2.45. The molecule has 0 spiro atoms. The van der Waals surface area contributed by atoms with Gasteiger partial charge in [0.05, 0.1) is 12.2 Å². The van der Waals surface area contributed by atoms with Gasteiger partial charge in [0.1, 0.15) is 0 Å². The summed E-state index contributed by atoms with van der Waals surface area (Å²) >= 11 is 0. The Morgan fingerprint density at radius 3 is 1.84 bits per heavy atom. The third kappa shape index (κ3) is 6.62. The number of benzene rings is 2. The lowest BCUT2D eigenvalue weighted by Crippen LogP contribution is -2.68. The molecule has 1 N–H and O–H groups in total. The van der Waals surface area contributed by atoms with Crippen molar-refractivity contribution < 1.29 is 19.0 Å². The highest BCUT2D eigenvalue weighted by atomic mass is 28.4. The number of rotatable bonds is 12.